The molecule has 0 bridgehead atoms. The van der Waals surface area contributed by atoms with Gasteiger partial charge >= 0.3 is 17.9 Å². The smallest absolute Gasteiger partial charge is 0.328 e. The molecule has 0 saturated heterocycles. The highest BCUT2D eigenvalue weighted by Crippen LogP contribution is 2.43. The first-order valence-corrected chi connectivity index (χ1v) is 22.9. The van der Waals surface area contributed by atoms with Crippen LogP contribution in [0.15, 0.2) is 48.5 Å². The number of nitrogens with two attached hydrogens (primary N) is 1. The van der Waals surface area contributed by atoms with Crippen LogP contribution in [0.25, 0.3) is 0 Å². The summed E-state index contributed by atoms with van der Waals surface area (Å²) in [5.41, 5.74) is 6.28. The number of halogens is 1. The predicted molar refractivity (Wildman–Crippen MR) is 239 cm³/mol. The largest absolute Gasteiger partial charge is 0.481 e. The number of hydrogen-bond donors (Lipinski definition) is 3. The van der Waals surface area contributed by atoms with Crippen LogP contribution in [-0.4, -0.2) is 89.1 Å². The van der Waals surface area contributed by atoms with Gasteiger partial charge in [-0.25, -0.2) is 4.79 Å². The van der Waals surface area contributed by atoms with Gasteiger partial charge in [-0.05, 0) is 92.9 Å². The van der Waals surface area contributed by atoms with Gasteiger partial charge in [-0.1, -0.05) is 62.8 Å². The zero-order valence-corrected chi connectivity index (χ0v) is 37.7. The maximum atomic E-state index is 13.2. The van der Waals surface area contributed by atoms with Crippen molar-refractivity contribution >= 4 is 71.1 Å². The van der Waals surface area contributed by atoms with E-state index in [1.165, 1.54) is 38.5 Å². The Labute approximate surface area is 368 Å². The summed E-state index contributed by atoms with van der Waals surface area (Å²) < 4.78 is 9.37. The van der Waals surface area contributed by atoms with E-state index in [-0.39, 0.29) is 41.5 Å². The van der Waals surface area contributed by atoms with Gasteiger partial charge in [0.2, 0.25) is 5.91 Å². The molecule has 0 aromatic heterocycles. The Bertz CT molecular complexity index is 1640. The van der Waals surface area contributed by atoms with E-state index in [9.17, 15) is 44.5 Å². The van der Waals surface area contributed by atoms with Crippen molar-refractivity contribution in [1.82, 2.24) is 5.32 Å². The fourth-order valence-corrected chi connectivity index (χ4v) is 8.55. The number of nitro groups is 2. The number of thioether (sulfide) groups is 2. The van der Waals surface area contributed by atoms with Crippen molar-refractivity contribution < 1.29 is 43.6 Å². The molecule has 0 heterocycles. The molecule has 4 N–H and O–H groups in total. The third-order valence-electron chi connectivity index (χ3n) is 11.0. The third-order valence-corrected chi connectivity index (χ3v) is 12.4. The normalized spacial score (nSPS) is 15.6. The lowest BCUT2D eigenvalue weighted by molar-refractivity contribution is -0.385. The predicted octanol–water partition coefficient (Wildman–Crippen LogP) is 8.11. The lowest BCUT2D eigenvalue weighted by atomic mass is 9.80. The van der Waals surface area contributed by atoms with Crippen molar-refractivity contribution in [3.63, 3.8) is 0 Å². The molecule has 2 saturated carbocycles. The molecule has 2 aromatic carbocycles. The quantitative estimate of drug-likeness (QED) is 0.0465. The number of nitrogens with one attached hydrogen (secondary N) is 1. The molecule has 1 amide bonds. The first-order chi connectivity index (χ1) is 28.2. The fraction of sp³-hybridized carbons (Fsp3) is 0.619. The van der Waals surface area contributed by atoms with Crippen LogP contribution in [0, 0.1) is 31.1 Å². The number of aliphatic carboxylic acids is 1. The average molecular weight is 900 g/mol. The Morgan fingerprint density at radius 3 is 1.50 bits per heavy atom. The monoisotopic (exact) mass is 898 g/mol. The van der Waals surface area contributed by atoms with Crippen molar-refractivity contribution in [1.29, 1.82) is 0 Å². The molecule has 2 aliphatic rings. The van der Waals surface area contributed by atoms with E-state index < -0.39 is 45.3 Å². The topological polar surface area (TPSA) is 231 Å². The molecule has 2 aliphatic carbocycles. The number of nitrogens with zero attached hydrogens (tertiary/aromatic N) is 2. The van der Waals surface area contributed by atoms with Gasteiger partial charge in [0.25, 0.3) is 11.4 Å². The second-order valence-electron chi connectivity index (χ2n) is 15.1. The number of hydrogen-bond acceptors (Lipinski definition) is 13. The van der Waals surface area contributed by atoms with E-state index in [1.807, 2.05) is 23.5 Å². The summed E-state index contributed by atoms with van der Waals surface area (Å²) in [5, 5.41) is 33.4. The number of carbonyl (C=O) groups excluding carboxylic acids is 3. The van der Waals surface area contributed by atoms with E-state index in [0.29, 0.717) is 6.42 Å². The van der Waals surface area contributed by atoms with Crippen molar-refractivity contribution in [2.24, 2.45) is 16.6 Å². The van der Waals surface area contributed by atoms with E-state index in [1.54, 1.807) is 24.3 Å². The van der Waals surface area contributed by atoms with Crippen LogP contribution in [0.4, 0.5) is 11.4 Å². The summed E-state index contributed by atoms with van der Waals surface area (Å²) >= 11 is 3.65. The summed E-state index contributed by atoms with van der Waals surface area (Å²) in [4.78, 5) is 68.0. The molecule has 336 valence electrons. The summed E-state index contributed by atoms with van der Waals surface area (Å²) in [5.74, 6) is 0.611. The highest BCUT2D eigenvalue weighted by atomic mass is 35.5. The number of unbranched alkanes of at least 4 members (excludes halogenated alkanes) is 2. The lowest BCUT2D eigenvalue weighted by Gasteiger charge is -2.30. The number of ether oxygens (including phenoxy) is 2. The summed E-state index contributed by atoms with van der Waals surface area (Å²) in [7, 11) is 2.56. The molecule has 0 spiro atoms. The molecule has 0 radical (unpaired) electrons. The summed E-state index contributed by atoms with van der Waals surface area (Å²) in [6, 6.07) is 10.3. The number of carbonyl (C=O) groups is 4. The molecule has 2 fully saturated rings. The number of methoxy groups -OCH3 is 2. The average Bonchev–Trinajstić information content (AvgIpc) is 3.93. The van der Waals surface area contributed by atoms with Gasteiger partial charge in [0.15, 0.2) is 0 Å². The Morgan fingerprint density at radius 2 is 1.12 bits per heavy atom. The molecule has 2 aromatic rings. The summed E-state index contributed by atoms with van der Waals surface area (Å²) in [6.45, 7) is 0. The van der Waals surface area contributed by atoms with Gasteiger partial charge in [0.05, 0.1) is 29.5 Å². The standard InChI is InChI=1S/C21H30N2O5S.C11H20O2S.C10H12N2O4.ClH/c1-28-19(24)18(15-16-7-9-17(10-8-16)23(26)27)22-20(25)21(11-3-4-12-21)13-5-6-14-29-2;1-14-9-5-4-8-11(10(12)13)6-2-3-7-11;1-16-10(13)9(11)6-7-2-4-8(5-3-7)12(14)15;/h7-10,18H,3-6,11-15H2,1-2H3,(H,22,25);2-9H2,1H3,(H,12,13);2-5,9H,6,11H2,1H3;1H/t18-;;;/m0.../s1. The van der Waals surface area contributed by atoms with Crippen LogP contribution >= 0.6 is 35.9 Å². The van der Waals surface area contributed by atoms with E-state index >= 15 is 0 Å². The highest BCUT2D eigenvalue weighted by molar-refractivity contribution is 7.98. The molecule has 0 aliphatic heterocycles. The molecular weight excluding hydrogens is 836 g/mol. The van der Waals surface area contributed by atoms with Crippen molar-refractivity contribution in [2.45, 2.75) is 115 Å². The Kier molecular flexibility index (Phi) is 25.8. The van der Waals surface area contributed by atoms with E-state index in [0.717, 1.165) is 113 Å². The minimum Gasteiger partial charge on any atom is -0.481 e. The third kappa shape index (κ3) is 18.0. The lowest BCUT2D eigenvalue weighted by Crippen LogP contribution is -2.49. The van der Waals surface area contributed by atoms with E-state index in [4.69, 9.17) is 10.5 Å². The number of amides is 1. The second kappa shape index (κ2) is 28.6. The van der Waals surface area contributed by atoms with Gasteiger partial charge in [-0.3, -0.25) is 34.6 Å². The number of carboxylic acid groups (broad SMARTS) is 1. The van der Waals surface area contributed by atoms with Crippen molar-refractivity contribution in [3.8, 4) is 0 Å². The van der Waals surface area contributed by atoms with Gasteiger partial charge in [0.1, 0.15) is 12.1 Å². The van der Waals surface area contributed by atoms with Crippen molar-refractivity contribution in [2.75, 3.05) is 38.2 Å². The molecule has 2 atom stereocenters. The number of esters is 2. The SMILES string of the molecule is COC(=O)C(N)Cc1ccc([N+](=O)[O-])cc1.COC(=O)[C@H](Cc1ccc([N+](=O)[O-])cc1)NC(=O)C1(CCCCSC)CCCC1.CSCCCCC1(C(=O)O)CCCC1.Cl. The molecular formula is C42H63ClN4O11S2. The number of nitro benzene ring substituents is 2. The highest BCUT2D eigenvalue weighted by Gasteiger charge is 2.42. The van der Waals surface area contributed by atoms with Crippen LogP contribution < -0.4 is 11.1 Å². The van der Waals surface area contributed by atoms with Crippen LogP contribution in [0.5, 0.6) is 0 Å². The second-order valence-corrected chi connectivity index (χ2v) is 17.1. The van der Waals surface area contributed by atoms with Crippen LogP contribution in [0.3, 0.4) is 0 Å². The minimum absolute atomic E-state index is 0. The number of rotatable bonds is 21. The first-order valence-electron chi connectivity index (χ1n) is 20.1. The van der Waals surface area contributed by atoms with Gasteiger partial charge in [0, 0.05) is 36.1 Å². The van der Waals surface area contributed by atoms with Crippen LogP contribution in [-0.2, 0) is 41.5 Å². The minimum atomic E-state index is -0.808. The van der Waals surface area contributed by atoms with Gasteiger partial charge in [-0.15, -0.1) is 12.4 Å². The van der Waals surface area contributed by atoms with Gasteiger partial charge in [-0.2, -0.15) is 23.5 Å². The number of benzene rings is 2. The molecule has 60 heavy (non-hydrogen) atoms. The molecule has 1 unspecified atom stereocenters. The van der Waals surface area contributed by atoms with Gasteiger partial charge < -0.3 is 25.6 Å². The first kappa shape index (κ1) is 54.1. The van der Waals surface area contributed by atoms with Crippen molar-refractivity contribution in [3.05, 3.63) is 79.9 Å². The molecule has 4 rings (SSSR count). The maximum absolute atomic E-state index is 13.2. The van der Waals surface area contributed by atoms with E-state index in [2.05, 4.69) is 22.6 Å². The Hall–Kier alpha value is -3.93. The fourth-order valence-electron chi connectivity index (χ4n) is 7.56. The van der Waals surface area contributed by atoms with Crippen LogP contribution in [0.1, 0.15) is 101 Å². The number of non-ortho nitro benzene ring substituents is 2. The maximum Gasteiger partial charge on any atom is 0.328 e. The summed E-state index contributed by atoms with van der Waals surface area (Å²) in [6.07, 6.45) is 18.5. The Balaban J connectivity index is 0.000000491. The zero-order chi connectivity index (χ0) is 43.8. The molecule has 15 nitrogen and oxygen atoms in total. The molecule has 18 heteroatoms. The Morgan fingerprint density at radius 1 is 0.717 bits per heavy atom. The number of carboxylic acids is 1. The van der Waals surface area contributed by atoms with Crippen LogP contribution in [0.2, 0.25) is 0 Å². The zero-order valence-electron chi connectivity index (χ0n) is 35.2.